The number of hydrogen-bond acceptors (Lipinski definition) is 4. The maximum absolute atomic E-state index is 11.6. The minimum Gasteiger partial charge on any atom is -0.448 e. The quantitative estimate of drug-likeness (QED) is 0.457. The van der Waals surface area contributed by atoms with Crippen LogP contribution in [0.5, 0.6) is 0 Å². The topological polar surface area (TPSA) is 62.4 Å². The van der Waals surface area contributed by atoms with E-state index in [1.54, 1.807) is 0 Å². The molecule has 0 unspecified atom stereocenters. The van der Waals surface area contributed by atoms with Crippen molar-refractivity contribution >= 4 is 6.09 Å². The van der Waals surface area contributed by atoms with Gasteiger partial charge in [0.2, 0.25) is 0 Å². The first kappa shape index (κ1) is 21.2. The molecule has 1 amide bonds. The van der Waals surface area contributed by atoms with Crippen LogP contribution in [0.3, 0.4) is 0 Å². The average Bonchev–Trinajstić information content (AvgIpc) is 2.45. The van der Waals surface area contributed by atoms with Gasteiger partial charge in [-0.1, -0.05) is 47.5 Å². The highest BCUT2D eigenvalue weighted by Crippen LogP contribution is 2.02. The van der Waals surface area contributed by atoms with Gasteiger partial charge in [0, 0.05) is 18.6 Å². The second kappa shape index (κ2) is 13.8. The highest BCUT2D eigenvalue weighted by Gasteiger charge is 2.14. The van der Waals surface area contributed by atoms with Crippen molar-refractivity contribution in [2.45, 2.75) is 72.4 Å². The number of ether oxygens (including phenoxy) is 1. The molecule has 5 heteroatoms. The summed E-state index contributed by atoms with van der Waals surface area (Å²) < 4.78 is 5.27. The minimum absolute atomic E-state index is 0.226. The van der Waals surface area contributed by atoms with Gasteiger partial charge in [0.05, 0.1) is 0 Å². The van der Waals surface area contributed by atoms with Crippen LogP contribution in [0, 0.1) is 5.92 Å². The lowest BCUT2D eigenvalue weighted by atomic mass is 10.1. The molecule has 0 heterocycles. The number of carbonyl (C=O) groups is 1. The molecule has 1 atom stereocenters. The lowest BCUT2D eigenvalue weighted by molar-refractivity contribution is 0.125. The maximum atomic E-state index is 11.6. The number of hydrogen-bond donors (Lipinski definition) is 3. The van der Waals surface area contributed by atoms with Gasteiger partial charge >= 0.3 is 6.09 Å². The normalized spacial score (nSPS) is 12.7. The third-order valence-corrected chi connectivity index (χ3v) is 3.59. The van der Waals surface area contributed by atoms with Gasteiger partial charge in [-0.15, -0.1) is 0 Å². The summed E-state index contributed by atoms with van der Waals surface area (Å²) in [6, 6.07) is 0.789. The van der Waals surface area contributed by atoms with E-state index >= 15 is 0 Å². The van der Waals surface area contributed by atoms with Crippen molar-refractivity contribution in [2.75, 3.05) is 26.2 Å². The molecule has 0 aliphatic heterocycles. The standard InChI is InChI=1S/C17H37N3O2/c1-6-18-16(14(2)3)13-22-17(21)20-12-10-8-7-9-11-19-15(4)5/h14-16,18-19H,6-13H2,1-5H3,(H,20,21)/t16-/m0/s1. The zero-order valence-electron chi connectivity index (χ0n) is 15.2. The van der Waals surface area contributed by atoms with E-state index < -0.39 is 0 Å². The molecule has 22 heavy (non-hydrogen) atoms. The van der Waals surface area contributed by atoms with Crippen molar-refractivity contribution in [3.05, 3.63) is 0 Å². The molecule has 0 rings (SSSR count). The molecule has 0 bridgehead atoms. The van der Waals surface area contributed by atoms with Crippen LogP contribution in [-0.4, -0.2) is 44.4 Å². The Morgan fingerprint density at radius 2 is 1.59 bits per heavy atom. The first-order valence-electron chi connectivity index (χ1n) is 8.84. The van der Waals surface area contributed by atoms with Crippen LogP contribution in [0.15, 0.2) is 0 Å². The van der Waals surface area contributed by atoms with Crippen LogP contribution in [0.1, 0.15) is 60.3 Å². The Hall–Kier alpha value is -0.810. The molecule has 0 spiro atoms. The van der Waals surface area contributed by atoms with E-state index in [-0.39, 0.29) is 12.1 Å². The van der Waals surface area contributed by atoms with Crippen molar-refractivity contribution in [3.8, 4) is 0 Å². The van der Waals surface area contributed by atoms with Gasteiger partial charge in [-0.2, -0.15) is 0 Å². The van der Waals surface area contributed by atoms with Gasteiger partial charge in [0.1, 0.15) is 6.61 Å². The van der Waals surface area contributed by atoms with Gasteiger partial charge in [-0.25, -0.2) is 4.79 Å². The highest BCUT2D eigenvalue weighted by molar-refractivity contribution is 5.67. The highest BCUT2D eigenvalue weighted by atomic mass is 16.5. The van der Waals surface area contributed by atoms with Crippen LogP contribution in [-0.2, 0) is 4.74 Å². The summed E-state index contributed by atoms with van der Waals surface area (Å²) in [4.78, 5) is 11.6. The summed E-state index contributed by atoms with van der Waals surface area (Å²) in [5.74, 6) is 0.451. The molecule has 0 fully saturated rings. The first-order chi connectivity index (χ1) is 10.5. The summed E-state index contributed by atoms with van der Waals surface area (Å²) in [6.45, 7) is 13.7. The summed E-state index contributed by atoms with van der Waals surface area (Å²) >= 11 is 0. The van der Waals surface area contributed by atoms with Crippen molar-refractivity contribution < 1.29 is 9.53 Å². The fourth-order valence-electron chi connectivity index (χ4n) is 2.15. The third kappa shape index (κ3) is 12.9. The predicted molar refractivity (Wildman–Crippen MR) is 93.3 cm³/mol. The molecule has 0 aromatic rings. The van der Waals surface area contributed by atoms with Crippen molar-refractivity contribution in [3.63, 3.8) is 0 Å². The molecule has 0 saturated heterocycles. The van der Waals surface area contributed by atoms with Crippen LogP contribution in [0.2, 0.25) is 0 Å². The van der Waals surface area contributed by atoms with Gasteiger partial charge < -0.3 is 20.7 Å². The number of likely N-dealkylation sites (N-methyl/N-ethyl adjacent to an activating group) is 1. The molecule has 0 aliphatic rings. The number of alkyl carbamates (subject to hydrolysis) is 1. The Kier molecular flexibility index (Phi) is 13.3. The molecule has 0 radical (unpaired) electrons. The van der Waals surface area contributed by atoms with Gasteiger partial charge in [0.15, 0.2) is 0 Å². The molecule has 0 aliphatic carbocycles. The Morgan fingerprint density at radius 3 is 2.14 bits per heavy atom. The molecule has 132 valence electrons. The van der Waals surface area contributed by atoms with Gasteiger partial charge in [-0.05, 0) is 31.8 Å². The monoisotopic (exact) mass is 315 g/mol. The van der Waals surface area contributed by atoms with E-state index in [0.29, 0.717) is 25.1 Å². The van der Waals surface area contributed by atoms with Crippen LogP contribution < -0.4 is 16.0 Å². The fourth-order valence-corrected chi connectivity index (χ4v) is 2.15. The van der Waals surface area contributed by atoms with Crippen LogP contribution in [0.4, 0.5) is 4.79 Å². The molecule has 0 saturated carbocycles. The minimum atomic E-state index is -0.301. The fraction of sp³-hybridized carbons (Fsp3) is 0.941. The zero-order chi connectivity index (χ0) is 16.8. The molecule has 0 aromatic carbocycles. The lowest BCUT2D eigenvalue weighted by Gasteiger charge is -2.21. The average molecular weight is 316 g/mol. The lowest BCUT2D eigenvalue weighted by Crippen LogP contribution is -2.40. The van der Waals surface area contributed by atoms with E-state index in [1.807, 2.05) is 0 Å². The zero-order valence-corrected chi connectivity index (χ0v) is 15.2. The van der Waals surface area contributed by atoms with Crippen LogP contribution >= 0.6 is 0 Å². The van der Waals surface area contributed by atoms with Crippen molar-refractivity contribution in [1.29, 1.82) is 0 Å². The van der Waals surface area contributed by atoms with Crippen molar-refractivity contribution in [1.82, 2.24) is 16.0 Å². The van der Waals surface area contributed by atoms with E-state index in [2.05, 4.69) is 50.6 Å². The van der Waals surface area contributed by atoms with Crippen LogP contribution in [0.25, 0.3) is 0 Å². The summed E-state index contributed by atoms with van der Waals surface area (Å²) in [5, 5.41) is 9.56. The molecular weight excluding hydrogens is 278 g/mol. The molecule has 3 N–H and O–H groups in total. The number of unbranched alkanes of at least 4 members (excludes halogenated alkanes) is 3. The first-order valence-corrected chi connectivity index (χ1v) is 8.84. The predicted octanol–water partition coefficient (Wildman–Crippen LogP) is 2.91. The third-order valence-electron chi connectivity index (χ3n) is 3.59. The Balaban J connectivity index is 3.49. The number of carbonyl (C=O) groups excluding carboxylic acids is 1. The van der Waals surface area contributed by atoms with E-state index in [1.165, 1.54) is 12.8 Å². The van der Waals surface area contributed by atoms with Gasteiger partial charge in [0.25, 0.3) is 0 Å². The number of rotatable bonds is 13. The van der Waals surface area contributed by atoms with Gasteiger partial charge in [-0.3, -0.25) is 0 Å². The molecule has 0 aromatic heterocycles. The summed E-state index contributed by atoms with van der Waals surface area (Å²) in [7, 11) is 0. The molecular formula is C17H37N3O2. The van der Waals surface area contributed by atoms with E-state index in [9.17, 15) is 4.79 Å². The Morgan fingerprint density at radius 1 is 0.955 bits per heavy atom. The Labute approximate surface area is 137 Å². The number of nitrogens with one attached hydrogen (secondary N) is 3. The smallest absolute Gasteiger partial charge is 0.407 e. The summed E-state index contributed by atoms with van der Waals surface area (Å²) in [5.41, 5.74) is 0. The summed E-state index contributed by atoms with van der Waals surface area (Å²) in [6.07, 6.45) is 4.25. The maximum Gasteiger partial charge on any atom is 0.407 e. The second-order valence-electron chi connectivity index (χ2n) is 6.46. The largest absolute Gasteiger partial charge is 0.448 e. The SMILES string of the molecule is CCN[C@@H](COC(=O)NCCCCCCNC(C)C)C(C)C. The van der Waals surface area contributed by atoms with Crippen molar-refractivity contribution in [2.24, 2.45) is 5.92 Å². The number of amides is 1. The van der Waals surface area contributed by atoms with E-state index in [4.69, 9.17) is 4.74 Å². The molecule has 5 nitrogen and oxygen atoms in total. The Bertz CT molecular complexity index is 271. The second-order valence-corrected chi connectivity index (χ2v) is 6.46. The van der Waals surface area contributed by atoms with E-state index in [0.717, 1.165) is 25.9 Å².